The molecule has 2 aromatic carbocycles. The number of carbonyl (C=O) groups is 2. The molecular weight excluding hydrogens is 691 g/mol. The first kappa shape index (κ1) is 37.9. The second-order valence-electron chi connectivity index (χ2n) is 14.4. The maximum Gasteiger partial charge on any atom is 0.261 e. The Balaban J connectivity index is 1.54. The number of benzene rings is 2. The van der Waals surface area contributed by atoms with E-state index >= 15 is 8.78 Å². The first-order chi connectivity index (χ1) is 25.1. The summed E-state index contributed by atoms with van der Waals surface area (Å²) in [6.45, 7) is 13.4. The number of fused-ring (bicyclic) bond motifs is 1. The van der Waals surface area contributed by atoms with Crippen LogP contribution in [0.4, 0.5) is 8.78 Å². The van der Waals surface area contributed by atoms with E-state index in [1.54, 1.807) is 12.1 Å². The fourth-order valence-corrected chi connectivity index (χ4v) is 9.65. The monoisotopic (exact) mass is 740 g/mol. The van der Waals surface area contributed by atoms with Crippen LogP contribution in [0.5, 0.6) is 0 Å². The van der Waals surface area contributed by atoms with Crippen LogP contribution in [-0.4, -0.2) is 34.7 Å². The van der Waals surface area contributed by atoms with E-state index in [2.05, 4.69) is 27.7 Å². The highest BCUT2D eigenvalue weighted by atomic mass is 32.1. The van der Waals surface area contributed by atoms with Gasteiger partial charge in [0, 0.05) is 34.0 Å². The van der Waals surface area contributed by atoms with Crippen molar-refractivity contribution in [3.05, 3.63) is 104 Å². The maximum absolute atomic E-state index is 15.2. The number of rotatable bonds is 16. The molecule has 2 aliphatic rings. The van der Waals surface area contributed by atoms with Gasteiger partial charge in [-0.3, -0.25) is 9.59 Å². The highest BCUT2D eigenvalue weighted by Crippen LogP contribution is 2.51. The van der Waals surface area contributed by atoms with Crippen molar-refractivity contribution in [2.24, 2.45) is 11.8 Å². The van der Waals surface area contributed by atoms with Gasteiger partial charge in [-0.2, -0.15) is 0 Å². The normalized spacial score (nSPS) is 15.8. The molecule has 0 radical (unpaired) electrons. The van der Waals surface area contributed by atoms with Gasteiger partial charge in [0.05, 0.1) is 32.3 Å². The Morgan fingerprint density at radius 2 is 0.962 bits per heavy atom. The largest absolute Gasteiger partial charge is 0.306 e. The van der Waals surface area contributed by atoms with E-state index in [0.29, 0.717) is 46.8 Å². The molecule has 2 unspecified atom stereocenters. The summed E-state index contributed by atoms with van der Waals surface area (Å²) in [6.07, 6.45) is 8.05. The van der Waals surface area contributed by atoms with Crippen molar-refractivity contribution in [1.29, 1.82) is 0 Å². The zero-order valence-corrected chi connectivity index (χ0v) is 32.9. The molecule has 0 bridgehead atoms. The number of thiophene rings is 2. The second kappa shape index (κ2) is 16.4. The highest BCUT2D eigenvalue weighted by molar-refractivity contribution is 7.17. The number of amides is 2. The number of unbranched alkanes of at least 4 members (excludes halogenated alkanes) is 2. The molecule has 0 saturated heterocycles. The summed E-state index contributed by atoms with van der Waals surface area (Å²) in [5.74, 6) is -0.394. The van der Waals surface area contributed by atoms with Crippen molar-refractivity contribution in [2.75, 3.05) is 13.1 Å². The number of hydrogen-bond acceptors (Lipinski definition) is 4. The topological polar surface area (TPSA) is 40.6 Å². The summed E-state index contributed by atoms with van der Waals surface area (Å²) in [7, 11) is 0. The first-order valence-corrected chi connectivity index (χ1v) is 20.6. The van der Waals surface area contributed by atoms with Gasteiger partial charge in [-0.05, 0) is 86.1 Å². The molecule has 6 rings (SSSR count). The minimum atomic E-state index is -0.293. The number of halogens is 2. The molecule has 2 aromatic heterocycles. The van der Waals surface area contributed by atoms with Gasteiger partial charge in [-0.25, -0.2) is 8.78 Å². The fraction of sp³-hybridized carbons (Fsp3) is 0.409. The molecule has 4 heterocycles. The Morgan fingerprint density at radius 3 is 1.31 bits per heavy atom. The van der Waals surface area contributed by atoms with Crippen LogP contribution in [-0.2, 0) is 9.59 Å². The van der Waals surface area contributed by atoms with Crippen LogP contribution in [0.3, 0.4) is 0 Å². The van der Waals surface area contributed by atoms with E-state index in [0.717, 1.165) is 82.0 Å². The van der Waals surface area contributed by atoms with Gasteiger partial charge in [-0.1, -0.05) is 90.5 Å². The van der Waals surface area contributed by atoms with Gasteiger partial charge in [0.25, 0.3) is 11.8 Å². The Morgan fingerprint density at radius 1 is 0.577 bits per heavy atom. The van der Waals surface area contributed by atoms with Crippen LogP contribution in [0.1, 0.15) is 99.9 Å². The number of carbonyl (C=O) groups excluding carboxylic acids is 2. The Labute approximate surface area is 315 Å². The van der Waals surface area contributed by atoms with Gasteiger partial charge in [0.15, 0.2) is 0 Å². The van der Waals surface area contributed by atoms with Crippen LogP contribution in [0.15, 0.2) is 71.8 Å². The van der Waals surface area contributed by atoms with Crippen molar-refractivity contribution in [2.45, 2.75) is 92.9 Å². The van der Waals surface area contributed by atoms with E-state index in [-0.39, 0.29) is 35.3 Å². The highest BCUT2D eigenvalue weighted by Gasteiger charge is 2.50. The summed E-state index contributed by atoms with van der Waals surface area (Å²) in [4.78, 5) is 36.7. The molecule has 4 nitrogen and oxygen atoms in total. The predicted molar refractivity (Wildman–Crippen MR) is 213 cm³/mol. The lowest BCUT2D eigenvalue weighted by molar-refractivity contribution is -0.124. The average Bonchev–Trinajstić information content (AvgIpc) is 3.91. The molecule has 0 spiro atoms. The van der Waals surface area contributed by atoms with Gasteiger partial charge in [0.1, 0.15) is 11.6 Å². The molecule has 52 heavy (non-hydrogen) atoms. The summed E-state index contributed by atoms with van der Waals surface area (Å²) in [6, 6.07) is 18.1. The molecule has 0 fully saturated rings. The predicted octanol–water partition coefficient (Wildman–Crippen LogP) is 12.3. The summed E-state index contributed by atoms with van der Waals surface area (Å²) >= 11 is 2.84. The van der Waals surface area contributed by atoms with Gasteiger partial charge in [0.2, 0.25) is 0 Å². The lowest BCUT2D eigenvalue weighted by Crippen LogP contribution is -2.34. The first-order valence-electron chi connectivity index (χ1n) is 19.0. The molecule has 0 aliphatic carbocycles. The molecular formula is C44H50F2N2O2S2. The van der Waals surface area contributed by atoms with E-state index in [4.69, 9.17) is 0 Å². The lowest BCUT2D eigenvalue weighted by atomic mass is 9.98. The third-order valence-corrected chi connectivity index (χ3v) is 12.9. The summed E-state index contributed by atoms with van der Waals surface area (Å²) in [5, 5.41) is 0. The molecule has 8 heteroatoms. The maximum atomic E-state index is 15.2. The summed E-state index contributed by atoms with van der Waals surface area (Å²) in [5.41, 5.74) is 4.83. The smallest absolute Gasteiger partial charge is 0.261 e. The Hall–Kier alpha value is -3.88. The third kappa shape index (κ3) is 7.47. The molecule has 2 atom stereocenters. The minimum Gasteiger partial charge on any atom is -0.306 e. The molecule has 0 saturated carbocycles. The van der Waals surface area contributed by atoms with Crippen molar-refractivity contribution in [3.63, 3.8) is 0 Å². The van der Waals surface area contributed by atoms with Crippen LogP contribution >= 0.6 is 22.7 Å². The molecule has 4 aromatic rings. The van der Waals surface area contributed by atoms with Crippen LogP contribution in [0.25, 0.3) is 32.3 Å². The molecule has 2 amide bonds. The Bertz CT molecular complexity index is 1880. The van der Waals surface area contributed by atoms with Crippen molar-refractivity contribution < 1.29 is 18.4 Å². The quantitative estimate of drug-likeness (QED) is 0.115. The molecule has 2 aliphatic heterocycles. The number of hydrogen-bond donors (Lipinski definition) is 0. The minimum absolute atomic E-state index is 0.166. The second-order valence-corrected chi connectivity index (χ2v) is 16.6. The third-order valence-electron chi connectivity index (χ3n) is 10.6. The van der Waals surface area contributed by atoms with Crippen molar-refractivity contribution in [1.82, 2.24) is 9.80 Å². The SMILES string of the molecule is CCCCC(CC)CN1C(=O)C2=C(c3ccc(-c4ccc(C)cc4F)s3)N(CC(CC)CCCC)C(=O)C2=C1c1ccc(-c2ccc(C)cc2F)s1. The molecule has 0 N–H and O–H groups in total. The number of nitrogens with zero attached hydrogens (tertiary/aromatic N) is 2. The standard InChI is InChI=1S/C44H50F2N2O2S2/c1-7-11-13-29(9-3)25-47-41(37-21-19-35(51-37)31-17-15-27(5)23-33(31)45)39-40(43(47)49)42(48(44(39)50)26-30(10-4)14-12-8-2)38-22-20-36(52-38)32-18-16-28(6)24-34(32)46/h15-24,29-30H,7-14,25-26H2,1-6H3. The zero-order valence-electron chi connectivity index (χ0n) is 31.3. The van der Waals surface area contributed by atoms with Crippen molar-refractivity contribution in [3.8, 4) is 20.9 Å². The van der Waals surface area contributed by atoms with Gasteiger partial charge in [-0.15, -0.1) is 22.7 Å². The van der Waals surface area contributed by atoms with Gasteiger partial charge < -0.3 is 9.80 Å². The van der Waals surface area contributed by atoms with Gasteiger partial charge >= 0.3 is 0 Å². The number of aryl methyl sites for hydroxylation is 2. The van der Waals surface area contributed by atoms with Crippen molar-refractivity contribution >= 4 is 45.9 Å². The zero-order chi connectivity index (χ0) is 37.1. The van der Waals surface area contributed by atoms with Crippen LogP contribution < -0.4 is 0 Å². The van der Waals surface area contributed by atoms with E-state index in [9.17, 15) is 9.59 Å². The lowest BCUT2D eigenvalue weighted by Gasteiger charge is -2.29. The average molecular weight is 741 g/mol. The molecule has 274 valence electrons. The fourth-order valence-electron chi connectivity index (χ4n) is 7.47. The van der Waals surface area contributed by atoms with E-state index < -0.39 is 0 Å². The van der Waals surface area contributed by atoms with Crippen LogP contribution in [0.2, 0.25) is 0 Å². The summed E-state index contributed by atoms with van der Waals surface area (Å²) < 4.78 is 30.4. The van der Waals surface area contributed by atoms with E-state index in [1.807, 2.05) is 60.0 Å². The van der Waals surface area contributed by atoms with Crippen LogP contribution in [0, 0.1) is 37.3 Å². The Kier molecular flexibility index (Phi) is 12.0. The van der Waals surface area contributed by atoms with E-state index in [1.165, 1.54) is 34.8 Å².